The van der Waals surface area contributed by atoms with Crippen LogP contribution in [0.15, 0.2) is 57.9 Å². The molecule has 4 heteroatoms. The quantitative estimate of drug-likeness (QED) is 0.852. The first-order valence-corrected chi connectivity index (χ1v) is 7.89. The van der Waals surface area contributed by atoms with Crippen molar-refractivity contribution in [1.82, 2.24) is 5.32 Å². The molecule has 0 atom stereocenters. The van der Waals surface area contributed by atoms with Gasteiger partial charge in [0.25, 0.3) is 5.91 Å². The van der Waals surface area contributed by atoms with Crippen molar-refractivity contribution in [2.24, 2.45) is 0 Å². The minimum atomic E-state index is -0.0410. The van der Waals surface area contributed by atoms with E-state index >= 15 is 0 Å². The average Bonchev–Trinajstić information content (AvgIpc) is 2.46. The maximum atomic E-state index is 12.2. The largest absolute Gasteiger partial charge is 0.348 e. The molecule has 0 heterocycles. The molecule has 19 heavy (non-hydrogen) atoms. The second kappa shape index (κ2) is 6.78. The zero-order chi connectivity index (χ0) is 13.7. The van der Waals surface area contributed by atoms with E-state index in [1.807, 2.05) is 54.8 Å². The molecule has 0 unspecified atom stereocenters. The smallest absolute Gasteiger partial charge is 0.252 e. The van der Waals surface area contributed by atoms with Crippen molar-refractivity contribution in [2.45, 2.75) is 11.4 Å². The van der Waals surface area contributed by atoms with Crippen molar-refractivity contribution in [1.29, 1.82) is 0 Å². The number of carbonyl (C=O) groups is 1. The van der Waals surface area contributed by atoms with Crippen molar-refractivity contribution in [3.8, 4) is 0 Å². The first-order chi connectivity index (χ1) is 9.22. The Kier molecular flexibility index (Phi) is 5.05. The molecule has 0 aliphatic heterocycles. The van der Waals surface area contributed by atoms with E-state index in [2.05, 4.69) is 21.2 Å². The summed E-state index contributed by atoms with van der Waals surface area (Å²) in [4.78, 5) is 13.2. The lowest BCUT2D eigenvalue weighted by Gasteiger charge is -2.09. The van der Waals surface area contributed by atoms with E-state index in [-0.39, 0.29) is 5.91 Å². The highest BCUT2D eigenvalue weighted by Gasteiger charge is 2.10. The van der Waals surface area contributed by atoms with Crippen LogP contribution in [0, 0.1) is 0 Å². The molecule has 0 radical (unpaired) electrons. The summed E-state index contributed by atoms with van der Waals surface area (Å²) in [5.41, 5.74) is 1.79. The van der Waals surface area contributed by atoms with E-state index < -0.39 is 0 Å². The monoisotopic (exact) mass is 335 g/mol. The van der Waals surface area contributed by atoms with Crippen LogP contribution in [0.3, 0.4) is 0 Å². The van der Waals surface area contributed by atoms with E-state index in [4.69, 9.17) is 0 Å². The second-order valence-corrected chi connectivity index (χ2v) is 5.68. The normalized spacial score (nSPS) is 10.2. The Balaban J connectivity index is 2.08. The van der Waals surface area contributed by atoms with Crippen LogP contribution in [0.1, 0.15) is 15.9 Å². The van der Waals surface area contributed by atoms with Gasteiger partial charge in [-0.2, -0.15) is 0 Å². The number of rotatable bonds is 4. The molecule has 2 aromatic carbocycles. The van der Waals surface area contributed by atoms with Crippen molar-refractivity contribution in [3.05, 3.63) is 64.1 Å². The summed E-state index contributed by atoms with van der Waals surface area (Å²) in [7, 11) is 0. The van der Waals surface area contributed by atoms with E-state index in [1.165, 1.54) is 0 Å². The van der Waals surface area contributed by atoms with Gasteiger partial charge < -0.3 is 5.32 Å². The summed E-state index contributed by atoms with van der Waals surface area (Å²) in [6, 6.07) is 15.5. The molecule has 0 saturated heterocycles. The third-order valence-corrected chi connectivity index (χ3v) is 4.32. The van der Waals surface area contributed by atoms with Crippen LogP contribution in [-0.2, 0) is 6.54 Å². The Morgan fingerprint density at radius 3 is 2.58 bits per heavy atom. The van der Waals surface area contributed by atoms with E-state index in [0.717, 1.165) is 20.5 Å². The Morgan fingerprint density at radius 2 is 1.84 bits per heavy atom. The minimum absolute atomic E-state index is 0.0410. The van der Waals surface area contributed by atoms with E-state index in [0.29, 0.717) is 6.54 Å². The summed E-state index contributed by atoms with van der Waals surface area (Å²) < 4.78 is 1.01. The molecule has 0 aliphatic rings. The van der Waals surface area contributed by atoms with Crippen LogP contribution in [0.2, 0.25) is 0 Å². The highest BCUT2D eigenvalue weighted by molar-refractivity contribution is 9.10. The third-order valence-electron chi connectivity index (χ3n) is 2.75. The standard InChI is InChI=1S/C15H14BrNOS/c1-19-14-9-5-3-7-12(14)15(18)17-10-11-6-2-4-8-13(11)16/h2-9H,10H2,1H3,(H,17,18). The third kappa shape index (κ3) is 3.61. The number of halogens is 1. The van der Waals surface area contributed by atoms with Gasteiger partial charge in [-0.05, 0) is 30.0 Å². The van der Waals surface area contributed by atoms with Gasteiger partial charge in [-0.25, -0.2) is 0 Å². The van der Waals surface area contributed by atoms with Gasteiger partial charge in [0.1, 0.15) is 0 Å². The molecule has 1 N–H and O–H groups in total. The summed E-state index contributed by atoms with van der Waals surface area (Å²) >= 11 is 5.05. The summed E-state index contributed by atoms with van der Waals surface area (Å²) in [5.74, 6) is -0.0410. The number of hydrogen-bond donors (Lipinski definition) is 1. The Hall–Kier alpha value is -1.26. The lowest BCUT2D eigenvalue weighted by molar-refractivity contribution is 0.0948. The first kappa shape index (κ1) is 14.2. The molecule has 1 amide bonds. The predicted octanol–water partition coefficient (Wildman–Crippen LogP) is 4.10. The van der Waals surface area contributed by atoms with Crippen LogP contribution >= 0.6 is 27.7 Å². The first-order valence-electron chi connectivity index (χ1n) is 5.87. The lowest BCUT2D eigenvalue weighted by Crippen LogP contribution is -2.23. The zero-order valence-electron chi connectivity index (χ0n) is 10.5. The number of benzene rings is 2. The number of nitrogens with one attached hydrogen (secondary N) is 1. The highest BCUT2D eigenvalue weighted by Crippen LogP contribution is 2.20. The van der Waals surface area contributed by atoms with Gasteiger partial charge >= 0.3 is 0 Å². The van der Waals surface area contributed by atoms with Crippen LogP contribution in [-0.4, -0.2) is 12.2 Å². The lowest BCUT2D eigenvalue weighted by atomic mass is 10.2. The number of hydrogen-bond acceptors (Lipinski definition) is 2. The maximum absolute atomic E-state index is 12.2. The number of amides is 1. The van der Waals surface area contributed by atoms with Gasteiger partial charge in [-0.1, -0.05) is 46.3 Å². The topological polar surface area (TPSA) is 29.1 Å². The van der Waals surface area contributed by atoms with Crippen LogP contribution in [0.25, 0.3) is 0 Å². The van der Waals surface area contributed by atoms with Gasteiger partial charge in [-0.15, -0.1) is 11.8 Å². The molecule has 0 bridgehead atoms. The van der Waals surface area contributed by atoms with Gasteiger partial charge in [0.15, 0.2) is 0 Å². The summed E-state index contributed by atoms with van der Waals surface area (Å²) in [6.07, 6.45) is 1.97. The Bertz CT molecular complexity index is 586. The zero-order valence-corrected chi connectivity index (χ0v) is 12.9. The van der Waals surface area contributed by atoms with Gasteiger partial charge in [-0.3, -0.25) is 4.79 Å². The molecule has 2 aromatic rings. The minimum Gasteiger partial charge on any atom is -0.348 e. The summed E-state index contributed by atoms with van der Waals surface area (Å²) in [6.45, 7) is 0.517. The highest BCUT2D eigenvalue weighted by atomic mass is 79.9. The molecular formula is C15H14BrNOS. The Labute approximate surface area is 125 Å². The molecule has 2 nitrogen and oxygen atoms in total. The molecule has 0 saturated carbocycles. The van der Waals surface area contributed by atoms with Crippen molar-refractivity contribution in [3.63, 3.8) is 0 Å². The fourth-order valence-corrected chi connectivity index (χ4v) is 2.76. The van der Waals surface area contributed by atoms with Crippen LogP contribution in [0.5, 0.6) is 0 Å². The van der Waals surface area contributed by atoms with Crippen molar-refractivity contribution < 1.29 is 4.79 Å². The van der Waals surface area contributed by atoms with E-state index in [1.54, 1.807) is 11.8 Å². The van der Waals surface area contributed by atoms with Crippen LogP contribution in [0.4, 0.5) is 0 Å². The molecular weight excluding hydrogens is 322 g/mol. The van der Waals surface area contributed by atoms with Crippen LogP contribution < -0.4 is 5.32 Å². The molecule has 98 valence electrons. The summed E-state index contributed by atoms with van der Waals surface area (Å²) in [5, 5.41) is 2.95. The van der Waals surface area contributed by atoms with Crippen molar-refractivity contribution >= 4 is 33.6 Å². The fourth-order valence-electron chi connectivity index (χ4n) is 1.74. The van der Waals surface area contributed by atoms with Gasteiger partial charge in [0.2, 0.25) is 0 Å². The van der Waals surface area contributed by atoms with Gasteiger partial charge in [0.05, 0.1) is 5.56 Å². The molecule has 2 rings (SSSR count). The number of thioether (sulfide) groups is 1. The fraction of sp³-hybridized carbons (Fsp3) is 0.133. The maximum Gasteiger partial charge on any atom is 0.252 e. The molecule has 0 aliphatic carbocycles. The Morgan fingerprint density at radius 1 is 1.16 bits per heavy atom. The molecule has 0 spiro atoms. The van der Waals surface area contributed by atoms with E-state index in [9.17, 15) is 4.79 Å². The SMILES string of the molecule is CSc1ccccc1C(=O)NCc1ccccc1Br. The second-order valence-electron chi connectivity index (χ2n) is 3.97. The number of carbonyl (C=O) groups excluding carboxylic acids is 1. The molecule has 0 aromatic heterocycles. The van der Waals surface area contributed by atoms with Crippen molar-refractivity contribution in [2.75, 3.05) is 6.26 Å². The molecule has 0 fully saturated rings. The average molecular weight is 336 g/mol. The predicted molar refractivity (Wildman–Crippen MR) is 83.5 cm³/mol. The van der Waals surface area contributed by atoms with Gasteiger partial charge in [0, 0.05) is 15.9 Å².